The van der Waals surface area contributed by atoms with E-state index in [-0.39, 0.29) is 11.2 Å². The maximum atomic E-state index is 13.5. The largest absolute Gasteiger partial charge is 0.496 e. The van der Waals surface area contributed by atoms with Gasteiger partial charge in [-0.3, -0.25) is 0 Å². The van der Waals surface area contributed by atoms with E-state index in [1.165, 1.54) is 6.07 Å². The van der Waals surface area contributed by atoms with Crippen LogP contribution in [-0.2, 0) is 6.42 Å². The van der Waals surface area contributed by atoms with Gasteiger partial charge in [-0.1, -0.05) is 27.7 Å². The Morgan fingerprint density at radius 3 is 2.57 bits per heavy atom. The van der Waals surface area contributed by atoms with Crippen LogP contribution in [0.15, 0.2) is 16.6 Å². The van der Waals surface area contributed by atoms with Gasteiger partial charge in [0.05, 0.1) is 11.6 Å². The van der Waals surface area contributed by atoms with Gasteiger partial charge in [-0.05, 0) is 58.3 Å². The van der Waals surface area contributed by atoms with Gasteiger partial charge in [0, 0.05) is 12.6 Å². The Hall–Kier alpha value is -0.610. The fourth-order valence-corrected chi connectivity index (χ4v) is 2.61. The second-order valence-electron chi connectivity index (χ2n) is 6.77. The molecular weight excluding hydrogens is 333 g/mol. The molecule has 1 aromatic rings. The molecule has 2 nitrogen and oxygen atoms in total. The van der Waals surface area contributed by atoms with Crippen molar-refractivity contribution in [2.24, 2.45) is 11.3 Å². The van der Waals surface area contributed by atoms with Gasteiger partial charge in [-0.15, -0.1) is 0 Å². The maximum absolute atomic E-state index is 13.5. The number of benzene rings is 1. The van der Waals surface area contributed by atoms with Gasteiger partial charge in [0.15, 0.2) is 0 Å². The second-order valence-corrected chi connectivity index (χ2v) is 7.62. The molecule has 0 aliphatic rings. The van der Waals surface area contributed by atoms with E-state index < -0.39 is 0 Å². The smallest absolute Gasteiger partial charge is 0.141 e. The molecule has 0 aliphatic carbocycles. The summed E-state index contributed by atoms with van der Waals surface area (Å²) in [5, 5.41) is 3.51. The molecule has 21 heavy (non-hydrogen) atoms. The lowest BCUT2D eigenvalue weighted by atomic mass is 9.86. The van der Waals surface area contributed by atoms with Crippen molar-refractivity contribution in [2.45, 2.75) is 40.5 Å². The fraction of sp³-hybridized carbons (Fsp3) is 0.647. The molecule has 0 aromatic heterocycles. The highest BCUT2D eigenvalue weighted by atomic mass is 79.9. The van der Waals surface area contributed by atoms with Crippen LogP contribution in [0.25, 0.3) is 0 Å². The zero-order valence-electron chi connectivity index (χ0n) is 13.7. The Labute approximate surface area is 136 Å². The van der Waals surface area contributed by atoms with Crippen LogP contribution in [0.2, 0.25) is 0 Å². The van der Waals surface area contributed by atoms with E-state index >= 15 is 0 Å². The van der Waals surface area contributed by atoms with Crippen molar-refractivity contribution in [2.75, 3.05) is 20.2 Å². The average molecular weight is 360 g/mol. The predicted molar refractivity (Wildman–Crippen MR) is 90.5 cm³/mol. The minimum Gasteiger partial charge on any atom is -0.496 e. The van der Waals surface area contributed by atoms with Gasteiger partial charge >= 0.3 is 0 Å². The highest BCUT2D eigenvalue weighted by molar-refractivity contribution is 9.10. The van der Waals surface area contributed by atoms with Crippen molar-refractivity contribution in [3.05, 3.63) is 28.0 Å². The molecule has 0 fully saturated rings. The molecule has 0 unspecified atom stereocenters. The molecule has 0 saturated heterocycles. The van der Waals surface area contributed by atoms with E-state index in [2.05, 4.69) is 48.9 Å². The van der Waals surface area contributed by atoms with Crippen LogP contribution in [0.5, 0.6) is 5.75 Å². The third-order valence-corrected chi connectivity index (χ3v) is 4.16. The lowest BCUT2D eigenvalue weighted by molar-refractivity contribution is 0.306. The number of hydrogen-bond acceptors (Lipinski definition) is 2. The third kappa shape index (κ3) is 6.35. The molecule has 0 radical (unpaired) electrons. The lowest BCUT2D eigenvalue weighted by Gasteiger charge is -2.26. The molecule has 0 aliphatic heterocycles. The number of halogens is 2. The number of methoxy groups -OCH3 is 1. The molecule has 1 aromatic carbocycles. The maximum Gasteiger partial charge on any atom is 0.141 e. The molecule has 4 heteroatoms. The zero-order chi connectivity index (χ0) is 16.0. The highest BCUT2D eigenvalue weighted by Crippen LogP contribution is 2.30. The Morgan fingerprint density at radius 2 is 2.00 bits per heavy atom. The van der Waals surface area contributed by atoms with E-state index in [0.29, 0.717) is 16.1 Å². The van der Waals surface area contributed by atoms with Gasteiger partial charge in [0.2, 0.25) is 0 Å². The van der Waals surface area contributed by atoms with Crippen molar-refractivity contribution in [1.29, 1.82) is 0 Å². The first-order chi connectivity index (χ1) is 9.75. The van der Waals surface area contributed by atoms with Crippen molar-refractivity contribution in [3.63, 3.8) is 0 Å². The van der Waals surface area contributed by atoms with Crippen LogP contribution in [-0.4, -0.2) is 20.2 Å². The quantitative estimate of drug-likeness (QED) is 0.719. The molecule has 120 valence electrons. The summed E-state index contributed by atoms with van der Waals surface area (Å²) >= 11 is 3.24. The van der Waals surface area contributed by atoms with Crippen LogP contribution >= 0.6 is 15.9 Å². The van der Waals surface area contributed by atoms with Gasteiger partial charge in [-0.25, -0.2) is 4.39 Å². The summed E-state index contributed by atoms with van der Waals surface area (Å²) in [4.78, 5) is 0. The molecule has 1 N–H and O–H groups in total. The Balaban J connectivity index is 2.63. The standard InChI is InChI=1S/C17H27BrFNO/c1-12(2)10-20-11-17(3,4)7-6-13-8-14(18)15(19)9-16(13)21-5/h8-9,12,20H,6-7,10-11H2,1-5H3. The number of hydrogen-bond donors (Lipinski definition) is 1. The normalized spacial score (nSPS) is 12.0. The average Bonchev–Trinajstić information content (AvgIpc) is 2.39. The van der Waals surface area contributed by atoms with Crippen molar-refractivity contribution >= 4 is 15.9 Å². The van der Waals surface area contributed by atoms with E-state index in [0.717, 1.165) is 31.5 Å². The molecule has 1 rings (SSSR count). The molecule has 0 atom stereocenters. The SMILES string of the molecule is COc1cc(F)c(Br)cc1CCC(C)(C)CNCC(C)C. The molecule has 0 amide bonds. The molecule has 0 bridgehead atoms. The number of nitrogens with one attached hydrogen (secondary N) is 1. The zero-order valence-corrected chi connectivity index (χ0v) is 15.3. The van der Waals surface area contributed by atoms with Crippen LogP contribution in [0.3, 0.4) is 0 Å². The van der Waals surface area contributed by atoms with E-state index in [9.17, 15) is 4.39 Å². The Kier molecular flexibility index (Phi) is 7.14. The predicted octanol–water partition coefficient (Wildman–Crippen LogP) is 4.80. The van der Waals surface area contributed by atoms with E-state index in [1.54, 1.807) is 7.11 Å². The van der Waals surface area contributed by atoms with Gasteiger partial charge in [0.25, 0.3) is 0 Å². The topological polar surface area (TPSA) is 21.3 Å². The van der Waals surface area contributed by atoms with Gasteiger partial charge in [-0.2, -0.15) is 0 Å². The summed E-state index contributed by atoms with van der Waals surface area (Å²) in [6.07, 6.45) is 1.89. The summed E-state index contributed by atoms with van der Waals surface area (Å²) in [5.74, 6) is 1.00. The molecule has 0 saturated carbocycles. The van der Waals surface area contributed by atoms with E-state index in [4.69, 9.17) is 4.74 Å². The van der Waals surface area contributed by atoms with Gasteiger partial charge < -0.3 is 10.1 Å². The first-order valence-electron chi connectivity index (χ1n) is 7.48. The summed E-state index contributed by atoms with van der Waals surface area (Å²) < 4.78 is 19.3. The Morgan fingerprint density at radius 1 is 1.33 bits per heavy atom. The summed E-state index contributed by atoms with van der Waals surface area (Å²) in [5.41, 5.74) is 1.24. The third-order valence-electron chi connectivity index (χ3n) is 3.55. The van der Waals surface area contributed by atoms with E-state index in [1.807, 2.05) is 6.07 Å². The first-order valence-corrected chi connectivity index (χ1v) is 8.27. The minimum atomic E-state index is -0.284. The van der Waals surface area contributed by atoms with Crippen LogP contribution in [0.4, 0.5) is 4.39 Å². The molecule has 0 spiro atoms. The first kappa shape index (κ1) is 18.4. The molecular formula is C17H27BrFNO. The molecule has 0 heterocycles. The van der Waals surface area contributed by atoms with Gasteiger partial charge in [0.1, 0.15) is 11.6 Å². The monoisotopic (exact) mass is 359 g/mol. The van der Waals surface area contributed by atoms with Crippen molar-refractivity contribution < 1.29 is 9.13 Å². The number of ether oxygens (including phenoxy) is 1. The highest BCUT2D eigenvalue weighted by Gasteiger charge is 2.19. The fourth-order valence-electron chi connectivity index (χ4n) is 2.22. The van der Waals surface area contributed by atoms with Crippen molar-refractivity contribution in [3.8, 4) is 5.75 Å². The van der Waals surface area contributed by atoms with Crippen molar-refractivity contribution in [1.82, 2.24) is 5.32 Å². The summed E-state index contributed by atoms with van der Waals surface area (Å²) in [6.45, 7) is 10.9. The number of aryl methyl sites for hydroxylation is 1. The summed E-state index contributed by atoms with van der Waals surface area (Å²) in [6, 6.07) is 3.27. The van der Waals surface area contributed by atoms with Crippen LogP contribution in [0, 0.1) is 17.2 Å². The number of rotatable bonds is 8. The summed E-state index contributed by atoms with van der Waals surface area (Å²) in [7, 11) is 1.58. The lowest BCUT2D eigenvalue weighted by Crippen LogP contribution is -2.32. The minimum absolute atomic E-state index is 0.195. The second kappa shape index (κ2) is 8.14. The Bertz CT molecular complexity index is 460. The van der Waals surface area contributed by atoms with Crippen LogP contribution in [0.1, 0.15) is 39.7 Å². The van der Waals surface area contributed by atoms with Crippen LogP contribution < -0.4 is 10.1 Å².